The molecule has 0 aliphatic carbocycles. The van der Waals surface area contributed by atoms with E-state index in [2.05, 4.69) is 10.2 Å². The topological polar surface area (TPSA) is 95.7 Å². The maximum atomic E-state index is 14.0. The molecule has 154 valence electrons. The highest BCUT2D eigenvalue weighted by Crippen LogP contribution is 2.34. The second-order valence-electron chi connectivity index (χ2n) is 7.33. The number of hydrogen-bond donors (Lipinski definition) is 2. The smallest absolute Gasteiger partial charge is 0.293 e. The minimum absolute atomic E-state index is 0.205. The maximum absolute atomic E-state index is 14.0. The van der Waals surface area contributed by atoms with Gasteiger partial charge in [-0.3, -0.25) is 14.9 Å². The molecule has 0 aromatic heterocycles. The lowest BCUT2D eigenvalue weighted by Crippen LogP contribution is -2.36. The standard InChI is InChI=1S/C21H24FN3O4/c1-13(23-19-5-3-15(14(2)26)11-21(19)25(28)29)18-12-16(22)4-6-20(18)24-9-7-17(27)8-10-24/h3-6,11-13,17,23,27H,7-10H2,1-2H3. The fraction of sp³-hybridized carbons (Fsp3) is 0.381. The van der Waals surface area contributed by atoms with E-state index >= 15 is 0 Å². The fourth-order valence-electron chi connectivity index (χ4n) is 3.60. The number of nitrogens with one attached hydrogen (secondary N) is 1. The summed E-state index contributed by atoms with van der Waals surface area (Å²) in [5.41, 5.74) is 1.82. The number of aliphatic hydroxyl groups excluding tert-OH is 1. The first kappa shape index (κ1) is 20.7. The van der Waals surface area contributed by atoms with Gasteiger partial charge in [-0.05, 0) is 57.0 Å². The zero-order valence-electron chi connectivity index (χ0n) is 16.4. The van der Waals surface area contributed by atoms with Crippen molar-refractivity contribution < 1.29 is 19.2 Å². The van der Waals surface area contributed by atoms with Gasteiger partial charge in [0, 0.05) is 36.0 Å². The van der Waals surface area contributed by atoms with E-state index in [1.165, 1.54) is 37.3 Å². The van der Waals surface area contributed by atoms with Gasteiger partial charge in [-0.15, -0.1) is 0 Å². The predicted octanol–water partition coefficient (Wildman–Crippen LogP) is 4.07. The molecule has 1 atom stereocenters. The second kappa shape index (κ2) is 8.57. The molecular weight excluding hydrogens is 377 g/mol. The van der Waals surface area contributed by atoms with E-state index in [4.69, 9.17) is 0 Å². The van der Waals surface area contributed by atoms with Gasteiger partial charge in [-0.25, -0.2) is 4.39 Å². The van der Waals surface area contributed by atoms with E-state index in [0.29, 0.717) is 31.5 Å². The Morgan fingerprint density at radius 1 is 1.28 bits per heavy atom. The van der Waals surface area contributed by atoms with Gasteiger partial charge in [0.2, 0.25) is 0 Å². The third-order valence-electron chi connectivity index (χ3n) is 5.23. The zero-order chi connectivity index (χ0) is 21.1. The van der Waals surface area contributed by atoms with Gasteiger partial charge in [0.05, 0.1) is 17.1 Å². The number of anilines is 2. The first-order chi connectivity index (χ1) is 13.8. The van der Waals surface area contributed by atoms with Crippen molar-refractivity contribution in [3.05, 3.63) is 63.5 Å². The van der Waals surface area contributed by atoms with Crippen LogP contribution in [0.4, 0.5) is 21.5 Å². The highest BCUT2D eigenvalue weighted by Gasteiger charge is 2.23. The number of rotatable bonds is 6. The lowest BCUT2D eigenvalue weighted by Gasteiger charge is -2.34. The van der Waals surface area contributed by atoms with Crippen molar-refractivity contribution in [3.63, 3.8) is 0 Å². The summed E-state index contributed by atoms with van der Waals surface area (Å²) in [7, 11) is 0. The van der Waals surface area contributed by atoms with Crippen molar-refractivity contribution in [1.29, 1.82) is 0 Å². The minimum Gasteiger partial charge on any atom is -0.393 e. The fourth-order valence-corrected chi connectivity index (χ4v) is 3.60. The van der Waals surface area contributed by atoms with Gasteiger partial charge in [-0.1, -0.05) is 0 Å². The van der Waals surface area contributed by atoms with E-state index in [1.807, 2.05) is 0 Å². The molecule has 29 heavy (non-hydrogen) atoms. The molecule has 3 rings (SSSR count). The molecule has 1 fully saturated rings. The lowest BCUT2D eigenvalue weighted by molar-refractivity contribution is -0.384. The number of hydrogen-bond acceptors (Lipinski definition) is 6. The van der Waals surface area contributed by atoms with Crippen LogP contribution in [0, 0.1) is 15.9 Å². The first-order valence-electron chi connectivity index (χ1n) is 9.54. The van der Waals surface area contributed by atoms with E-state index < -0.39 is 16.8 Å². The minimum atomic E-state index is -0.542. The number of nitro groups is 1. The van der Waals surface area contributed by atoms with Crippen LogP contribution in [0.3, 0.4) is 0 Å². The Morgan fingerprint density at radius 3 is 2.59 bits per heavy atom. The van der Waals surface area contributed by atoms with Gasteiger partial charge in [0.25, 0.3) is 5.69 Å². The lowest BCUT2D eigenvalue weighted by atomic mass is 10.0. The molecule has 0 radical (unpaired) electrons. The average Bonchev–Trinajstić information content (AvgIpc) is 2.68. The largest absolute Gasteiger partial charge is 0.393 e. The third kappa shape index (κ3) is 4.71. The SMILES string of the molecule is CC(=O)c1ccc(NC(C)c2cc(F)ccc2N2CCC(O)CC2)c([N+](=O)[O-])c1. The van der Waals surface area contributed by atoms with Crippen LogP contribution in [0.25, 0.3) is 0 Å². The number of ketones is 1. The predicted molar refractivity (Wildman–Crippen MR) is 109 cm³/mol. The summed E-state index contributed by atoms with van der Waals surface area (Å²) in [6, 6.07) is 8.37. The van der Waals surface area contributed by atoms with Crippen molar-refractivity contribution in [2.45, 2.75) is 38.8 Å². The van der Waals surface area contributed by atoms with Gasteiger partial charge in [-0.2, -0.15) is 0 Å². The van der Waals surface area contributed by atoms with E-state index in [0.717, 1.165) is 5.69 Å². The molecule has 2 N–H and O–H groups in total. The normalized spacial score (nSPS) is 15.8. The quantitative estimate of drug-likeness (QED) is 0.430. The molecule has 0 bridgehead atoms. The summed E-state index contributed by atoms with van der Waals surface area (Å²) in [6.45, 7) is 4.46. The summed E-state index contributed by atoms with van der Waals surface area (Å²) in [4.78, 5) is 24.6. The number of nitro benzene ring substituents is 1. The van der Waals surface area contributed by atoms with Crippen molar-refractivity contribution in [2.75, 3.05) is 23.3 Å². The number of Topliss-reactive ketones (excluding diaryl/α,β-unsaturated/α-hetero) is 1. The Hall–Kier alpha value is -3.00. The van der Waals surface area contributed by atoms with Crippen LogP contribution in [-0.4, -0.2) is 35.0 Å². The number of aliphatic hydroxyl groups is 1. The summed E-state index contributed by atoms with van der Waals surface area (Å²) in [6.07, 6.45) is 0.945. The van der Waals surface area contributed by atoms with Crippen LogP contribution in [0.5, 0.6) is 0 Å². The molecule has 7 nitrogen and oxygen atoms in total. The highest BCUT2D eigenvalue weighted by molar-refractivity contribution is 5.95. The van der Waals surface area contributed by atoms with Gasteiger partial charge >= 0.3 is 0 Å². The van der Waals surface area contributed by atoms with Crippen LogP contribution in [0.1, 0.15) is 48.7 Å². The van der Waals surface area contributed by atoms with Crippen molar-refractivity contribution in [2.24, 2.45) is 0 Å². The number of carbonyl (C=O) groups excluding carboxylic acids is 1. The monoisotopic (exact) mass is 401 g/mol. The molecule has 1 unspecified atom stereocenters. The van der Waals surface area contributed by atoms with Crippen molar-refractivity contribution in [1.82, 2.24) is 0 Å². The first-order valence-corrected chi connectivity index (χ1v) is 9.54. The van der Waals surface area contributed by atoms with Gasteiger partial charge in [0.15, 0.2) is 5.78 Å². The molecule has 1 aliphatic rings. The van der Waals surface area contributed by atoms with Crippen LogP contribution in [-0.2, 0) is 0 Å². The van der Waals surface area contributed by atoms with E-state index in [1.54, 1.807) is 13.0 Å². The van der Waals surface area contributed by atoms with Gasteiger partial charge in [0.1, 0.15) is 11.5 Å². The number of piperidine rings is 1. The molecule has 2 aromatic rings. The zero-order valence-corrected chi connectivity index (χ0v) is 16.4. The number of nitrogens with zero attached hydrogens (tertiary/aromatic N) is 2. The van der Waals surface area contributed by atoms with Crippen molar-refractivity contribution >= 4 is 22.8 Å². The third-order valence-corrected chi connectivity index (χ3v) is 5.23. The van der Waals surface area contributed by atoms with Crippen LogP contribution in [0.15, 0.2) is 36.4 Å². The summed E-state index contributed by atoms with van der Waals surface area (Å²) in [5, 5.41) is 24.3. The Balaban J connectivity index is 1.91. The van der Waals surface area contributed by atoms with Crippen LogP contribution >= 0.6 is 0 Å². The molecule has 2 aromatic carbocycles. The number of halogens is 1. The maximum Gasteiger partial charge on any atom is 0.293 e. The molecule has 1 heterocycles. The molecule has 1 saturated heterocycles. The summed E-state index contributed by atoms with van der Waals surface area (Å²) in [5.74, 6) is -0.650. The second-order valence-corrected chi connectivity index (χ2v) is 7.33. The molecule has 1 aliphatic heterocycles. The van der Waals surface area contributed by atoms with E-state index in [-0.39, 0.29) is 28.8 Å². The van der Waals surface area contributed by atoms with Crippen LogP contribution in [0.2, 0.25) is 0 Å². The number of benzene rings is 2. The van der Waals surface area contributed by atoms with Gasteiger partial charge < -0.3 is 15.3 Å². The average molecular weight is 401 g/mol. The Labute approximate surface area is 168 Å². The highest BCUT2D eigenvalue weighted by atomic mass is 19.1. The molecule has 0 saturated carbocycles. The Kier molecular flexibility index (Phi) is 6.12. The molecule has 0 amide bonds. The molecular formula is C21H24FN3O4. The van der Waals surface area contributed by atoms with Crippen LogP contribution < -0.4 is 10.2 Å². The number of carbonyl (C=O) groups is 1. The van der Waals surface area contributed by atoms with Crippen molar-refractivity contribution in [3.8, 4) is 0 Å². The molecule has 0 spiro atoms. The van der Waals surface area contributed by atoms with E-state index in [9.17, 15) is 24.4 Å². The molecule has 8 heteroatoms. The summed E-state index contributed by atoms with van der Waals surface area (Å²) < 4.78 is 14.0. The summed E-state index contributed by atoms with van der Waals surface area (Å²) >= 11 is 0. The Morgan fingerprint density at radius 2 is 1.97 bits per heavy atom. The Bertz CT molecular complexity index is 926.